The van der Waals surface area contributed by atoms with E-state index >= 15 is 0 Å². The molecule has 152 valence electrons. The predicted molar refractivity (Wildman–Crippen MR) is 105 cm³/mol. The number of likely N-dealkylation sites (tertiary alicyclic amines) is 1. The van der Waals surface area contributed by atoms with E-state index in [1.54, 1.807) is 7.11 Å². The lowest BCUT2D eigenvalue weighted by atomic mass is 10.1. The minimum Gasteiger partial charge on any atom is -0.383 e. The second-order valence-corrected chi connectivity index (χ2v) is 6.72. The van der Waals surface area contributed by atoms with Crippen molar-refractivity contribution in [1.29, 1.82) is 0 Å². The molecule has 1 heterocycles. The molecule has 0 atom stereocenters. The molecule has 0 aromatic carbocycles. The molecule has 0 radical (unpaired) electrons. The van der Waals surface area contributed by atoms with Crippen LogP contribution in [0.3, 0.4) is 0 Å². The van der Waals surface area contributed by atoms with Gasteiger partial charge in [-0.2, -0.15) is 0 Å². The maximum absolute atomic E-state index is 11.8. The van der Waals surface area contributed by atoms with Crippen LogP contribution < -0.4 is 16.0 Å². The number of nitrogens with one attached hydrogen (secondary N) is 3. The first-order valence-corrected chi connectivity index (χ1v) is 9.69. The minimum absolute atomic E-state index is 0.0979. The number of rotatable bonds is 11. The molecule has 0 saturated carbocycles. The maximum Gasteiger partial charge on any atom is 0.241 e. The third kappa shape index (κ3) is 10.6. The van der Waals surface area contributed by atoms with E-state index in [1.165, 1.54) is 0 Å². The van der Waals surface area contributed by atoms with Crippen molar-refractivity contribution in [1.82, 2.24) is 20.9 Å². The highest BCUT2D eigenvalue weighted by molar-refractivity contribution is 5.85. The van der Waals surface area contributed by atoms with Crippen LogP contribution in [0.5, 0.6) is 0 Å². The number of carbonyl (C=O) groups excluding carboxylic acids is 1. The van der Waals surface area contributed by atoms with E-state index < -0.39 is 0 Å². The zero-order chi connectivity index (χ0) is 19.2. The summed E-state index contributed by atoms with van der Waals surface area (Å²) in [5, 5.41) is 9.43. The highest BCUT2D eigenvalue weighted by atomic mass is 16.5. The van der Waals surface area contributed by atoms with Gasteiger partial charge in [-0.15, -0.1) is 0 Å². The number of piperidine rings is 1. The molecule has 8 heteroatoms. The van der Waals surface area contributed by atoms with Gasteiger partial charge in [-0.3, -0.25) is 4.79 Å². The number of hydrogen-bond acceptors (Lipinski definition) is 5. The Hall–Kier alpha value is -1.38. The third-order valence-corrected chi connectivity index (χ3v) is 4.14. The van der Waals surface area contributed by atoms with Crippen molar-refractivity contribution in [2.24, 2.45) is 4.99 Å². The van der Waals surface area contributed by atoms with Gasteiger partial charge in [0.05, 0.1) is 19.3 Å². The molecule has 3 N–H and O–H groups in total. The first kappa shape index (κ1) is 22.7. The minimum atomic E-state index is -0.0979. The van der Waals surface area contributed by atoms with E-state index in [4.69, 9.17) is 9.47 Å². The molecule has 0 unspecified atom stereocenters. The van der Waals surface area contributed by atoms with Crippen LogP contribution in [0.15, 0.2) is 4.99 Å². The quantitative estimate of drug-likeness (QED) is 0.273. The molecule has 1 amide bonds. The fourth-order valence-corrected chi connectivity index (χ4v) is 2.73. The van der Waals surface area contributed by atoms with Crippen LogP contribution in [-0.2, 0) is 14.3 Å². The molecular weight excluding hydrogens is 334 g/mol. The second kappa shape index (κ2) is 13.8. The van der Waals surface area contributed by atoms with E-state index in [0.717, 1.165) is 45.6 Å². The van der Waals surface area contributed by atoms with Crippen molar-refractivity contribution in [3.63, 3.8) is 0 Å². The molecule has 1 fully saturated rings. The van der Waals surface area contributed by atoms with E-state index in [0.29, 0.717) is 31.3 Å². The Labute approximate surface area is 158 Å². The molecule has 0 aromatic heterocycles. The standard InChI is InChI=1S/C18H37N5O3/c1-5-19-18(21-14-17(24)20-8-12-25-4)22-16-6-9-23(10-7-16)11-13-26-15(2)3/h15-16H,5-14H2,1-4H3,(H,20,24)(H2,19,21,22). The van der Waals surface area contributed by atoms with Gasteiger partial charge in [0.1, 0.15) is 6.54 Å². The Morgan fingerprint density at radius 2 is 1.96 bits per heavy atom. The fraction of sp³-hybridized carbons (Fsp3) is 0.889. The lowest BCUT2D eigenvalue weighted by molar-refractivity contribution is -0.119. The van der Waals surface area contributed by atoms with Crippen molar-refractivity contribution in [2.45, 2.75) is 45.8 Å². The lowest BCUT2D eigenvalue weighted by Gasteiger charge is -2.33. The Morgan fingerprint density at radius 3 is 2.58 bits per heavy atom. The number of amides is 1. The first-order chi connectivity index (χ1) is 12.5. The van der Waals surface area contributed by atoms with Crippen molar-refractivity contribution < 1.29 is 14.3 Å². The molecule has 0 bridgehead atoms. The van der Waals surface area contributed by atoms with Gasteiger partial charge in [0.25, 0.3) is 0 Å². The molecule has 0 aromatic rings. The molecule has 0 aliphatic carbocycles. The van der Waals surface area contributed by atoms with Gasteiger partial charge in [-0.25, -0.2) is 4.99 Å². The normalized spacial score (nSPS) is 16.7. The largest absolute Gasteiger partial charge is 0.383 e. The molecule has 26 heavy (non-hydrogen) atoms. The average molecular weight is 372 g/mol. The van der Waals surface area contributed by atoms with E-state index in [-0.39, 0.29) is 12.5 Å². The summed E-state index contributed by atoms with van der Waals surface area (Å²) in [5.41, 5.74) is 0. The summed E-state index contributed by atoms with van der Waals surface area (Å²) in [4.78, 5) is 18.6. The van der Waals surface area contributed by atoms with Crippen LogP contribution in [0.4, 0.5) is 0 Å². The Balaban J connectivity index is 2.32. The van der Waals surface area contributed by atoms with Crippen LogP contribution >= 0.6 is 0 Å². The van der Waals surface area contributed by atoms with Crippen LogP contribution in [-0.4, -0.2) is 88.5 Å². The smallest absolute Gasteiger partial charge is 0.241 e. The fourth-order valence-electron chi connectivity index (χ4n) is 2.73. The van der Waals surface area contributed by atoms with Gasteiger partial charge in [0, 0.05) is 45.9 Å². The summed E-state index contributed by atoms with van der Waals surface area (Å²) in [5.74, 6) is 0.607. The summed E-state index contributed by atoms with van der Waals surface area (Å²) >= 11 is 0. The monoisotopic (exact) mass is 371 g/mol. The second-order valence-electron chi connectivity index (χ2n) is 6.72. The topological polar surface area (TPSA) is 87.2 Å². The van der Waals surface area contributed by atoms with Crippen molar-refractivity contribution in [2.75, 3.05) is 59.6 Å². The molecule has 8 nitrogen and oxygen atoms in total. The number of ether oxygens (including phenoxy) is 2. The van der Waals surface area contributed by atoms with E-state index in [2.05, 4.69) is 39.7 Å². The SMILES string of the molecule is CCNC(=NCC(=O)NCCOC)NC1CCN(CCOC(C)C)CC1. The van der Waals surface area contributed by atoms with Crippen LogP contribution in [0, 0.1) is 0 Å². The van der Waals surface area contributed by atoms with Gasteiger partial charge < -0.3 is 30.3 Å². The van der Waals surface area contributed by atoms with Gasteiger partial charge in [-0.1, -0.05) is 0 Å². The summed E-state index contributed by atoms with van der Waals surface area (Å²) in [6.45, 7) is 11.9. The number of nitrogens with zero attached hydrogens (tertiary/aromatic N) is 2. The maximum atomic E-state index is 11.8. The molecule has 0 spiro atoms. The number of methoxy groups -OCH3 is 1. The molecule has 1 aliphatic heterocycles. The summed E-state index contributed by atoms with van der Waals surface area (Å²) in [6.07, 6.45) is 2.41. The average Bonchev–Trinajstić information content (AvgIpc) is 2.61. The number of aliphatic imine (C=N–C) groups is 1. The Morgan fingerprint density at radius 1 is 1.23 bits per heavy atom. The predicted octanol–water partition coefficient (Wildman–Crippen LogP) is 0.194. The number of hydrogen-bond donors (Lipinski definition) is 3. The van der Waals surface area contributed by atoms with Gasteiger partial charge >= 0.3 is 0 Å². The molecule has 1 saturated heterocycles. The van der Waals surface area contributed by atoms with Crippen molar-refractivity contribution >= 4 is 11.9 Å². The Kier molecular flexibility index (Phi) is 12.0. The van der Waals surface area contributed by atoms with Crippen LogP contribution in [0.25, 0.3) is 0 Å². The number of carbonyl (C=O) groups is 1. The third-order valence-electron chi connectivity index (χ3n) is 4.14. The highest BCUT2D eigenvalue weighted by Crippen LogP contribution is 2.10. The van der Waals surface area contributed by atoms with Crippen LogP contribution in [0.2, 0.25) is 0 Å². The molecule has 1 aliphatic rings. The van der Waals surface area contributed by atoms with Crippen molar-refractivity contribution in [3.05, 3.63) is 0 Å². The van der Waals surface area contributed by atoms with Gasteiger partial charge in [0.15, 0.2) is 5.96 Å². The zero-order valence-electron chi connectivity index (χ0n) is 16.8. The number of guanidine groups is 1. The van der Waals surface area contributed by atoms with Gasteiger partial charge in [-0.05, 0) is 33.6 Å². The summed E-state index contributed by atoms with van der Waals surface area (Å²) in [6, 6.07) is 0.381. The molecular formula is C18H37N5O3. The first-order valence-electron chi connectivity index (χ1n) is 9.69. The zero-order valence-corrected chi connectivity index (χ0v) is 16.8. The highest BCUT2D eigenvalue weighted by Gasteiger charge is 2.19. The Bertz CT molecular complexity index is 410. The summed E-state index contributed by atoms with van der Waals surface area (Å²) in [7, 11) is 1.61. The van der Waals surface area contributed by atoms with Crippen molar-refractivity contribution in [3.8, 4) is 0 Å². The summed E-state index contributed by atoms with van der Waals surface area (Å²) < 4.78 is 10.5. The van der Waals surface area contributed by atoms with E-state index in [1.807, 2.05) is 6.92 Å². The van der Waals surface area contributed by atoms with E-state index in [9.17, 15) is 4.79 Å². The van der Waals surface area contributed by atoms with Gasteiger partial charge in [0.2, 0.25) is 5.91 Å². The van der Waals surface area contributed by atoms with Crippen LogP contribution in [0.1, 0.15) is 33.6 Å². The lowest BCUT2D eigenvalue weighted by Crippen LogP contribution is -2.49. The molecule has 1 rings (SSSR count).